The van der Waals surface area contributed by atoms with Crippen molar-refractivity contribution in [3.63, 3.8) is 0 Å². The molecule has 19 heavy (non-hydrogen) atoms. The maximum atomic E-state index is 12.4. The van der Waals surface area contributed by atoms with E-state index in [0.29, 0.717) is 12.1 Å². The third-order valence-electron chi connectivity index (χ3n) is 3.30. The molecule has 2 rings (SSSR count). The summed E-state index contributed by atoms with van der Waals surface area (Å²) in [7, 11) is 0. The van der Waals surface area contributed by atoms with Crippen LogP contribution in [0, 0.1) is 13.8 Å². The van der Waals surface area contributed by atoms with Crippen molar-refractivity contribution < 1.29 is 4.79 Å². The van der Waals surface area contributed by atoms with Crippen molar-refractivity contribution >= 4 is 5.78 Å². The number of aromatic nitrogens is 2. The number of benzene rings is 1. The van der Waals surface area contributed by atoms with Gasteiger partial charge in [-0.05, 0) is 44.9 Å². The lowest BCUT2D eigenvalue weighted by molar-refractivity contribution is 0.0980. The minimum Gasteiger partial charge on any atom is -0.292 e. The van der Waals surface area contributed by atoms with Crippen LogP contribution in [0.1, 0.15) is 47.1 Å². The summed E-state index contributed by atoms with van der Waals surface area (Å²) in [5.74, 6) is 0.125. The highest BCUT2D eigenvalue weighted by molar-refractivity contribution is 5.96. The number of nitrogens with zero attached hydrogens (tertiary/aromatic N) is 2. The zero-order valence-corrected chi connectivity index (χ0v) is 12.0. The first-order chi connectivity index (χ1) is 8.99. The molecular formula is C16H20N2O. The van der Waals surface area contributed by atoms with Gasteiger partial charge in [0.25, 0.3) is 0 Å². The molecule has 0 fully saturated rings. The van der Waals surface area contributed by atoms with Crippen LogP contribution in [0.4, 0.5) is 0 Å². The van der Waals surface area contributed by atoms with E-state index in [1.807, 2.05) is 27.7 Å². The second-order valence-corrected chi connectivity index (χ2v) is 5.28. The Morgan fingerprint density at radius 3 is 2.68 bits per heavy atom. The van der Waals surface area contributed by atoms with E-state index in [9.17, 15) is 4.79 Å². The lowest BCUT2D eigenvalue weighted by atomic mass is 10.00. The van der Waals surface area contributed by atoms with E-state index >= 15 is 0 Å². The molecule has 0 aliphatic rings. The number of rotatable bonds is 4. The van der Waals surface area contributed by atoms with Crippen LogP contribution in [0.2, 0.25) is 0 Å². The molecule has 0 saturated carbocycles. The molecule has 0 N–H and O–H groups in total. The SMILES string of the molecule is Cc1ccc(C)c(CC(=O)c2ccnn2C(C)C)c1. The van der Waals surface area contributed by atoms with Gasteiger partial charge in [0.15, 0.2) is 5.78 Å². The van der Waals surface area contributed by atoms with Gasteiger partial charge in [0.1, 0.15) is 5.69 Å². The van der Waals surface area contributed by atoms with Crippen molar-refractivity contribution in [1.29, 1.82) is 0 Å². The van der Waals surface area contributed by atoms with Crippen molar-refractivity contribution in [3.05, 3.63) is 52.8 Å². The first-order valence-electron chi connectivity index (χ1n) is 6.62. The van der Waals surface area contributed by atoms with Crippen molar-refractivity contribution in [2.24, 2.45) is 0 Å². The van der Waals surface area contributed by atoms with Crippen LogP contribution in [-0.2, 0) is 6.42 Å². The fourth-order valence-corrected chi connectivity index (χ4v) is 2.20. The normalized spacial score (nSPS) is 11.0. The van der Waals surface area contributed by atoms with Crippen LogP contribution in [0.15, 0.2) is 30.5 Å². The van der Waals surface area contributed by atoms with Gasteiger partial charge in [0, 0.05) is 18.7 Å². The van der Waals surface area contributed by atoms with E-state index in [-0.39, 0.29) is 11.8 Å². The van der Waals surface area contributed by atoms with E-state index in [4.69, 9.17) is 0 Å². The van der Waals surface area contributed by atoms with Crippen LogP contribution in [0.25, 0.3) is 0 Å². The summed E-state index contributed by atoms with van der Waals surface area (Å²) in [5, 5.41) is 4.21. The summed E-state index contributed by atoms with van der Waals surface area (Å²) in [6, 6.07) is 8.23. The molecule has 100 valence electrons. The molecule has 0 aliphatic heterocycles. The van der Waals surface area contributed by atoms with Gasteiger partial charge in [0.2, 0.25) is 0 Å². The maximum absolute atomic E-state index is 12.4. The molecule has 1 aromatic heterocycles. The zero-order chi connectivity index (χ0) is 14.0. The highest BCUT2D eigenvalue weighted by atomic mass is 16.1. The van der Waals surface area contributed by atoms with Gasteiger partial charge in [-0.3, -0.25) is 9.48 Å². The second kappa shape index (κ2) is 5.39. The predicted octanol–water partition coefficient (Wildman–Crippen LogP) is 3.51. The third-order valence-corrected chi connectivity index (χ3v) is 3.30. The van der Waals surface area contributed by atoms with Crippen molar-refractivity contribution in [2.75, 3.05) is 0 Å². The first-order valence-corrected chi connectivity index (χ1v) is 6.62. The zero-order valence-electron chi connectivity index (χ0n) is 12.0. The average Bonchev–Trinajstić information content (AvgIpc) is 2.83. The molecule has 0 radical (unpaired) electrons. The number of carbonyl (C=O) groups excluding carboxylic acids is 1. The molecule has 3 nitrogen and oxygen atoms in total. The van der Waals surface area contributed by atoms with Gasteiger partial charge in [-0.1, -0.05) is 23.8 Å². The number of hydrogen-bond acceptors (Lipinski definition) is 2. The topological polar surface area (TPSA) is 34.9 Å². The Bertz CT molecular complexity index is 597. The minimum atomic E-state index is 0.125. The summed E-state index contributed by atoms with van der Waals surface area (Å²) in [6.07, 6.45) is 2.13. The summed E-state index contributed by atoms with van der Waals surface area (Å²) < 4.78 is 1.79. The molecular weight excluding hydrogens is 236 g/mol. The van der Waals surface area contributed by atoms with E-state index in [1.165, 1.54) is 5.56 Å². The molecule has 0 bridgehead atoms. The first kappa shape index (κ1) is 13.5. The fraction of sp³-hybridized carbons (Fsp3) is 0.375. The number of aryl methyl sites for hydroxylation is 2. The number of ketones is 1. The quantitative estimate of drug-likeness (QED) is 0.785. The molecule has 0 spiro atoms. The monoisotopic (exact) mass is 256 g/mol. The van der Waals surface area contributed by atoms with Crippen LogP contribution < -0.4 is 0 Å². The highest BCUT2D eigenvalue weighted by Gasteiger charge is 2.15. The van der Waals surface area contributed by atoms with Gasteiger partial charge in [-0.2, -0.15) is 5.10 Å². The Hall–Kier alpha value is -1.90. The standard InChI is InChI=1S/C16H20N2O/c1-11(2)18-15(7-8-17-18)16(19)10-14-9-12(3)5-6-13(14)4/h5-9,11H,10H2,1-4H3. The fourth-order valence-electron chi connectivity index (χ4n) is 2.20. The molecule has 3 heteroatoms. The minimum absolute atomic E-state index is 0.125. The Labute approximate surface area is 114 Å². The molecule has 2 aromatic rings. The number of carbonyl (C=O) groups is 1. The van der Waals surface area contributed by atoms with E-state index in [1.54, 1.807) is 16.9 Å². The van der Waals surface area contributed by atoms with E-state index in [2.05, 4.69) is 23.3 Å². The Morgan fingerprint density at radius 1 is 1.26 bits per heavy atom. The van der Waals surface area contributed by atoms with E-state index < -0.39 is 0 Å². The molecule has 0 saturated heterocycles. The molecule has 0 aliphatic carbocycles. The average molecular weight is 256 g/mol. The lowest BCUT2D eigenvalue weighted by Crippen LogP contribution is -2.14. The molecule has 1 heterocycles. The van der Waals surface area contributed by atoms with Crippen LogP contribution in [0.3, 0.4) is 0 Å². The molecule has 1 aromatic carbocycles. The van der Waals surface area contributed by atoms with Crippen molar-refractivity contribution in [2.45, 2.75) is 40.2 Å². The summed E-state index contributed by atoms with van der Waals surface area (Å²) >= 11 is 0. The largest absolute Gasteiger partial charge is 0.292 e. The summed E-state index contributed by atoms with van der Waals surface area (Å²) in [5.41, 5.74) is 4.14. The maximum Gasteiger partial charge on any atom is 0.185 e. The van der Waals surface area contributed by atoms with Gasteiger partial charge >= 0.3 is 0 Å². The third kappa shape index (κ3) is 2.92. The molecule has 0 unspecified atom stereocenters. The van der Waals surface area contributed by atoms with Crippen LogP contribution >= 0.6 is 0 Å². The van der Waals surface area contributed by atoms with Gasteiger partial charge in [-0.15, -0.1) is 0 Å². The Morgan fingerprint density at radius 2 is 2.00 bits per heavy atom. The Balaban J connectivity index is 2.26. The number of hydrogen-bond donors (Lipinski definition) is 0. The predicted molar refractivity (Wildman–Crippen MR) is 76.6 cm³/mol. The number of Topliss-reactive ketones (excluding diaryl/α,β-unsaturated/α-hetero) is 1. The van der Waals surface area contributed by atoms with Gasteiger partial charge < -0.3 is 0 Å². The van der Waals surface area contributed by atoms with Crippen molar-refractivity contribution in [1.82, 2.24) is 9.78 Å². The summed E-state index contributed by atoms with van der Waals surface area (Å²) in [4.78, 5) is 12.4. The summed E-state index contributed by atoms with van der Waals surface area (Å²) in [6.45, 7) is 8.15. The second-order valence-electron chi connectivity index (χ2n) is 5.28. The van der Waals surface area contributed by atoms with Crippen molar-refractivity contribution in [3.8, 4) is 0 Å². The van der Waals surface area contributed by atoms with Crippen LogP contribution in [0.5, 0.6) is 0 Å². The van der Waals surface area contributed by atoms with Gasteiger partial charge in [0.05, 0.1) is 0 Å². The molecule has 0 amide bonds. The molecule has 0 atom stereocenters. The lowest BCUT2D eigenvalue weighted by Gasteiger charge is -2.11. The Kier molecular flexibility index (Phi) is 3.84. The van der Waals surface area contributed by atoms with Gasteiger partial charge in [-0.25, -0.2) is 0 Å². The highest BCUT2D eigenvalue weighted by Crippen LogP contribution is 2.15. The van der Waals surface area contributed by atoms with Crippen LogP contribution in [-0.4, -0.2) is 15.6 Å². The van der Waals surface area contributed by atoms with E-state index in [0.717, 1.165) is 11.1 Å². The smallest absolute Gasteiger partial charge is 0.185 e.